The summed E-state index contributed by atoms with van der Waals surface area (Å²) >= 11 is 0. The quantitative estimate of drug-likeness (QED) is 0.760. The number of carboxylic acids is 1. The molecule has 0 radical (unpaired) electrons. The Bertz CT molecular complexity index is 628. The van der Waals surface area contributed by atoms with Crippen molar-refractivity contribution in [2.24, 2.45) is 0 Å². The Balaban J connectivity index is 2.78. The third kappa shape index (κ3) is 4.51. The highest BCUT2D eigenvalue weighted by Crippen LogP contribution is 2.14. The number of aliphatic carboxylic acids is 1. The summed E-state index contributed by atoms with van der Waals surface area (Å²) in [5, 5.41) is 31.4. The van der Waals surface area contributed by atoms with Gasteiger partial charge < -0.3 is 15.7 Å². The Morgan fingerprint density at radius 1 is 1.29 bits per heavy atom. The summed E-state index contributed by atoms with van der Waals surface area (Å²) in [6.45, 7) is 1.81. The standard InChI is InChI=1S/C14H14N4O3/c1-2-3-12(13(19)20)18-14(21)17-11-5-4-9(7-15)10(6-11)8-16/h4-6,12H,2-3H2,1H3,(H,19,20)(H2,17,18,21)/t12-/m0/s1. The lowest BCUT2D eigenvalue weighted by Crippen LogP contribution is -2.42. The second kappa shape index (κ2) is 7.51. The van der Waals surface area contributed by atoms with Crippen LogP contribution in [0.3, 0.4) is 0 Å². The van der Waals surface area contributed by atoms with Crippen molar-refractivity contribution in [3.8, 4) is 12.1 Å². The lowest BCUT2D eigenvalue weighted by atomic mass is 10.1. The Kier molecular flexibility index (Phi) is 5.72. The van der Waals surface area contributed by atoms with Crippen LogP contribution in [-0.2, 0) is 4.79 Å². The molecule has 0 aliphatic rings. The monoisotopic (exact) mass is 286 g/mol. The SMILES string of the molecule is CCC[C@H](NC(=O)Nc1ccc(C#N)c(C#N)c1)C(=O)O. The van der Waals surface area contributed by atoms with Gasteiger partial charge in [0.25, 0.3) is 0 Å². The van der Waals surface area contributed by atoms with E-state index < -0.39 is 18.0 Å². The molecule has 1 rings (SSSR count). The normalized spacial score (nSPS) is 10.8. The summed E-state index contributed by atoms with van der Waals surface area (Å²) in [5.74, 6) is -1.11. The predicted octanol–water partition coefficient (Wildman–Crippen LogP) is 1.80. The van der Waals surface area contributed by atoms with Crippen molar-refractivity contribution in [3.05, 3.63) is 29.3 Å². The highest BCUT2D eigenvalue weighted by molar-refractivity contribution is 5.92. The average Bonchev–Trinajstić information content (AvgIpc) is 2.46. The first kappa shape index (κ1) is 16.0. The summed E-state index contributed by atoms with van der Waals surface area (Å²) in [6, 6.07) is 6.30. The third-order valence-electron chi connectivity index (χ3n) is 2.70. The molecular weight excluding hydrogens is 272 g/mol. The van der Waals surface area contributed by atoms with Gasteiger partial charge in [0.05, 0.1) is 11.1 Å². The highest BCUT2D eigenvalue weighted by Gasteiger charge is 2.18. The molecule has 108 valence electrons. The van der Waals surface area contributed by atoms with Crippen LogP contribution >= 0.6 is 0 Å². The molecule has 7 heteroatoms. The largest absolute Gasteiger partial charge is 0.480 e. The number of hydrogen-bond donors (Lipinski definition) is 3. The molecule has 0 unspecified atom stereocenters. The third-order valence-corrected chi connectivity index (χ3v) is 2.70. The fraction of sp³-hybridized carbons (Fsp3) is 0.286. The predicted molar refractivity (Wildman–Crippen MR) is 74.4 cm³/mol. The number of benzene rings is 1. The van der Waals surface area contributed by atoms with E-state index in [0.29, 0.717) is 18.5 Å². The first-order valence-electron chi connectivity index (χ1n) is 6.26. The van der Waals surface area contributed by atoms with Gasteiger partial charge in [-0.05, 0) is 24.6 Å². The highest BCUT2D eigenvalue weighted by atomic mass is 16.4. The van der Waals surface area contributed by atoms with Crippen LogP contribution < -0.4 is 10.6 Å². The molecule has 0 aliphatic heterocycles. The van der Waals surface area contributed by atoms with E-state index in [-0.39, 0.29) is 11.1 Å². The summed E-state index contributed by atoms with van der Waals surface area (Å²) < 4.78 is 0. The number of amides is 2. The molecule has 0 saturated heterocycles. The second-order valence-electron chi connectivity index (χ2n) is 4.26. The number of hydrogen-bond acceptors (Lipinski definition) is 4. The maximum Gasteiger partial charge on any atom is 0.326 e. The van der Waals surface area contributed by atoms with Crippen molar-refractivity contribution in [3.63, 3.8) is 0 Å². The first-order chi connectivity index (χ1) is 10.0. The van der Waals surface area contributed by atoms with E-state index in [1.54, 1.807) is 0 Å². The van der Waals surface area contributed by atoms with E-state index in [2.05, 4.69) is 10.6 Å². The van der Waals surface area contributed by atoms with E-state index in [1.165, 1.54) is 18.2 Å². The Morgan fingerprint density at radius 2 is 1.95 bits per heavy atom. The number of carbonyl (C=O) groups excluding carboxylic acids is 1. The fourth-order valence-corrected chi connectivity index (χ4v) is 1.68. The van der Waals surface area contributed by atoms with Gasteiger partial charge in [-0.1, -0.05) is 13.3 Å². The number of anilines is 1. The maximum atomic E-state index is 11.7. The molecule has 0 saturated carbocycles. The Morgan fingerprint density at radius 3 is 2.48 bits per heavy atom. The maximum absolute atomic E-state index is 11.7. The molecule has 21 heavy (non-hydrogen) atoms. The number of rotatable bonds is 5. The van der Waals surface area contributed by atoms with Crippen LogP contribution in [0.5, 0.6) is 0 Å². The number of carboxylic acid groups (broad SMARTS) is 1. The molecule has 0 bridgehead atoms. The second-order valence-corrected chi connectivity index (χ2v) is 4.26. The van der Waals surface area contributed by atoms with E-state index in [0.717, 1.165) is 0 Å². The van der Waals surface area contributed by atoms with Crippen LogP contribution in [0.25, 0.3) is 0 Å². The summed E-state index contributed by atoms with van der Waals surface area (Å²) in [7, 11) is 0. The van der Waals surface area contributed by atoms with E-state index in [1.807, 2.05) is 19.1 Å². The van der Waals surface area contributed by atoms with Crippen LogP contribution in [0.1, 0.15) is 30.9 Å². The molecule has 0 spiro atoms. The zero-order valence-corrected chi connectivity index (χ0v) is 11.4. The van der Waals surface area contributed by atoms with Crippen LogP contribution in [0.4, 0.5) is 10.5 Å². The van der Waals surface area contributed by atoms with Crippen LogP contribution in [0.2, 0.25) is 0 Å². The summed E-state index contributed by atoms with van der Waals surface area (Å²) in [5.41, 5.74) is 0.653. The molecular formula is C14H14N4O3. The number of nitrogens with one attached hydrogen (secondary N) is 2. The molecule has 1 aromatic carbocycles. The van der Waals surface area contributed by atoms with Gasteiger partial charge in [0.15, 0.2) is 0 Å². The number of nitrogens with zero attached hydrogens (tertiary/aromatic N) is 2. The van der Waals surface area contributed by atoms with Gasteiger partial charge in [-0.2, -0.15) is 10.5 Å². The molecule has 0 aliphatic carbocycles. The minimum absolute atomic E-state index is 0.138. The topological polar surface area (TPSA) is 126 Å². The van der Waals surface area contributed by atoms with Crippen molar-refractivity contribution in [2.45, 2.75) is 25.8 Å². The van der Waals surface area contributed by atoms with Gasteiger partial charge in [0, 0.05) is 5.69 Å². The molecule has 1 atom stereocenters. The van der Waals surface area contributed by atoms with Crippen LogP contribution in [0.15, 0.2) is 18.2 Å². The van der Waals surface area contributed by atoms with E-state index in [4.69, 9.17) is 15.6 Å². The number of urea groups is 1. The summed E-state index contributed by atoms with van der Waals surface area (Å²) in [6.07, 6.45) is 0.937. The van der Waals surface area contributed by atoms with Crippen molar-refractivity contribution in [1.29, 1.82) is 10.5 Å². The Hall–Kier alpha value is -3.06. The molecule has 0 fully saturated rings. The molecule has 3 N–H and O–H groups in total. The van der Waals surface area contributed by atoms with Gasteiger partial charge in [0.2, 0.25) is 0 Å². The smallest absolute Gasteiger partial charge is 0.326 e. The molecule has 1 aromatic rings. The van der Waals surface area contributed by atoms with E-state index in [9.17, 15) is 9.59 Å². The first-order valence-corrected chi connectivity index (χ1v) is 6.26. The van der Waals surface area contributed by atoms with Crippen LogP contribution in [0, 0.1) is 22.7 Å². The van der Waals surface area contributed by atoms with Gasteiger partial charge >= 0.3 is 12.0 Å². The number of nitriles is 2. The lowest BCUT2D eigenvalue weighted by molar-refractivity contribution is -0.139. The van der Waals surface area contributed by atoms with Gasteiger partial charge in [-0.15, -0.1) is 0 Å². The zero-order chi connectivity index (χ0) is 15.8. The molecule has 2 amide bonds. The van der Waals surface area contributed by atoms with Crippen molar-refractivity contribution < 1.29 is 14.7 Å². The zero-order valence-electron chi connectivity index (χ0n) is 11.4. The fourth-order valence-electron chi connectivity index (χ4n) is 1.68. The van der Waals surface area contributed by atoms with Crippen LogP contribution in [-0.4, -0.2) is 23.1 Å². The molecule has 0 heterocycles. The summed E-state index contributed by atoms with van der Waals surface area (Å²) in [4.78, 5) is 22.7. The van der Waals surface area contributed by atoms with Gasteiger partial charge in [0.1, 0.15) is 18.2 Å². The van der Waals surface area contributed by atoms with Crippen molar-refractivity contribution in [1.82, 2.24) is 5.32 Å². The van der Waals surface area contributed by atoms with Crippen molar-refractivity contribution >= 4 is 17.7 Å². The average molecular weight is 286 g/mol. The molecule has 0 aromatic heterocycles. The molecule has 7 nitrogen and oxygen atoms in total. The minimum atomic E-state index is -1.11. The van der Waals surface area contributed by atoms with Gasteiger partial charge in [-0.25, -0.2) is 9.59 Å². The minimum Gasteiger partial charge on any atom is -0.480 e. The van der Waals surface area contributed by atoms with Crippen molar-refractivity contribution in [2.75, 3.05) is 5.32 Å². The van der Waals surface area contributed by atoms with E-state index >= 15 is 0 Å². The number of carbonyl (C=O) groups is 2. The van der Waals surface area contributed by atoms with Gasteiger partial charge in [-0.3, -0.25) is 0 Å². The Labute approximate surface area is 121 Å². The lowest BCUT2D eigenvalue weighted by Gasteiger charge is -2.14.